The lowest BCUT2D eigenvalue weighted by atomic mass is 10.1. The first-order valence-electron chi connectivity index (χ1n) is 5.42. The van der Waals surface area contributed by atoms with Crippen LogP contribution in [0.2, 0.25) is 0 Å². The minimum Gasteiger partial charge on any atom is -0.444 e. The van der Waals surface area contributed by atoms with Crippen LogP contribution in [0.4, 0.5) is 0 Å². The van der Waals surface area contributed by atoms with Gasteiger partial charge in [-0.2, -0.15) is 0 Å². The molecule has 0 radical (unpaired) electrons. The molecule has 0 aliphatic rings. The molecule has 1 heterocycles. The largest absolute Gasteiger partial charge is 0.444 e. The quantitative estimate of drug-likeness (QED) is 0.879. The molecule has 0 saturated carbocycles. The number of hydrogen-bond acceptors (Lipinski definition) is 3. The number of carbonyl (C=O) groups excluding carboxylic acids is 1. The van der Waals surface area contributed by atoms with Crippen LogP contribution >= 0.6 is 0 Å². The summed E-state index contributed by atoms with van der Waals surface area (Å²) in [6.07, 6.45) is 1.63. The number of nitrogens with zero attached hydrogens (tertiary/aromatic N) is 1. The molecule has 0 fully saturated rings. The van der Waals surface area contributed by atoms with Crippen molar-refractivity contribution in [2.75, 3.05) is 0 Å². The second-order valence-electron chi connectivity index (χ2n) is 3.86. The molecule has 0 saturated heterocycles. The lowest BCUT2D eigenvalue weighted by molar-refractivity contribution is 0.0946. The van der Waals surface area contributed by atoms with Gasteiger partial charge in [-0.1, -0.05) is 18.2 Å². The molecule has 4 heteroatoms. The predicted octanol–water partition coefficient (Wildman–Crippen LogP) is 2.22. The lowest BCUT2D eigenvalue weighted by Gasteiger charge is -2.05. The number of rotatable bonds is 3. The molecule has 1 N–H and O–H groups in total. The summed E-state index contributed by atoms with van der Waals surface area (Å²) >= 11 is 0. The molecule has 4 nitrogen and oxygen atoms in total. The fraction of sp³-hybridized carbons (Fsp3) is 0.231. The van der Waals surface area contributed by atoms with Gasteiger partial charge in [0.2, 0.25) is 5.89 Å². The third kappa shape index (κ3) is 2.72. The molecule has 0 bridgehead atoms. The summed E-state index contributed by atoms with van der Waals surface area (Å²) in [7, 11) is 0. The Hall–Kier alpha value is -2.10. The first kappa shape index (κ1) is 11.4. The molecular formula is C13H14N2O2. The minimum absolute atomic E-state index is 0.112. The molecular weight excluding hydrogens is 216 g/mol. The molecule has 1 aromatic carbocycles. The molecule has 0 unspecified atom stereocenters. The Labute approximate surface area is 99.7 Å². The number of nitrogens with one attached hydrogen (secondary N) is 1. The monoisotopic (exact) mass is 230 g/mol. The molecule has 0 spiro atoms. The summed E-state index contributed by atoms with van der Waals surface area (Å²) < 4.78 is 5.27. The zero-order valence-corrected chi connectivity index (χ0v) is 9.86. The Kier molecular flexibility index (Phi) is 3.23. The summed E-state index contributed by atoms with van der Waals surface area (Å²) in [4.78, 5) is 15.9. The number of benzene rings is 1. The zero-order chi connectivity index (χ0) is 12.3. The number of oxazole rings is 1. The van der Waals surface area contributed by atoms with E-state index in [9.17, 15) is 4.79 Å². The maximum Gasteiger partial charge on any atom is 0.251 e. The van der Waals surface area contributed by atoms with Crippen molar-refractivity contribution in [3.05, 3.63) is 53.2 Å². The first-order chi connectivity index (χ1) is 8.16. The molecule has 17 heavy (non-hydrogen) atoms. The number of hydrogen-bond donors (Lipinski definition) is 1. The fourth-order valence-corrected chi connectivity index (χ4v) is 1.56. The Morgan fingerprint density at radius 1 is 1.35 bits per heavy atom. The van der Waals surface area contributed by atoms with E-state index in [1.165, 1.54) is 0 Å². The zero-order valence-electron chi connectivity index (χ0n) is 9.86. The average Bonchev–Trinajstić information content (AvgIpc) is 2.73. The van der Waals surface area contributed by atoms with Gasteiger partial charge < -0.3 is 9.73 Å². The Balaban J connectivity index is 2.01. The number of carbonyl (C=O) groups is 1. The lowest BCUT2D eigenvalue weighted by Crippen LogP contribution is -2.23. The number of amides is 1. The van der Waals surface area contributed by atoms with Crippen LogP contribution in [0.3, 0.4) is 0 Å². The summed E-state index contributed by atoms with van der Waals surface area (Å²) in [6, 6.07) is 7.45. The van der Waals surface area contributed by atoms with Crippen molar-refractivity contribution in [3.63, 3.8) is 0 Å². The third-order valence-electron chi connectivity index (χ3n) is 2.46. The maximum atomic E-state index is 11.9. The molecule has 2 aromatic rings. The van der Waals surface area contributed by atoms with Crippen LogP contribution in [0, 0.1) is 13.8 Å². The van der Waals surface area contributed by atoms with Crippen LogP contribution < -0.4 is 5.32 Å². The molecule has 0 aliphatic heterocycles. The smallest absolute Gasteiger partial charge is 0.251 e. The van der Waals surface area contributed by atoms with Gasteiger partial charge in [0.25, 0.3) is 5.91 Å². The highest BCUT2D eigenvalue weighted by Gasteiger charge is 2.09. The Bertz CT molecular complexity index is 532. The van der Waals surface area contributed by atoms with E-state index < -0.39 is 0 Å². The van der Waals surface area contributed by atoms with Gasteiger partial charge in [0.1, 0.15) is 5.76 Å². The van der Waals surface area contributed by atoms with E-state index in [0.29, 0.717) is 18.0 Å². The van der Waals surface area contributed by atoms with Gasteiger partial charge in [0, 0.05) is 5.56 Å². The SMILES string of the molecule is Cc1cnc(CNC(=O)c2ccccc2C)o1. The summed E-state index contributed by atoms with van der Waals surface area (Å²) in [5.74, 6) is 1.15. The van der Waals surface area contributed by atoms with Crippen LogP contribution in [0.5, 0.6) is 0 Å². The van der Waals surface area contributed by atoms with Gasteiger partial charge in [0.15, 0.2) is 0 Å². The van der Waals surface area contributed by atoms with Crippen LogP contribution in [-0.4, -0.2) is 10.9 Å². The number of aryl methyl sites for hydroxylation is 2. The van der Waals surface area contributed by atoms with Gasteiger partial charge in [0.05, 0.1) is 12.7 Å². The van der Waals surface area contributed by atoms with E-state index in [4.69, 9.17) is 4.42 Å². The van der Waals surface area contributed by atoms with E-state index in [1.54, 1.807) is 12.3 Å². The second-order valence-corrected chi connectivity index (χ2v) is 3.86. The third-order valence-corrected chi connectivity index (χ3v) is 2.46. The summed E-state index contributed by atoms with van der Waals surface area (Å²) in [5.41, 5.74) is 1.63. The van der Waals surface area contributed by atoms with E-state index >= 15 is 0 Å². The van der Waals surface area contributed by atoms with Crippen LogP contribution in [-0.2, 0) is 6.54 Å². The molecule has 88 valence electrons. The maximum absolute atomic E-state index is 11.9. The number of aromatic nitrogens is 1. The minimum atomic E-state index is -0.112. The fourth-order valence-electron chi connectivity index (χ4n) is 1.56. The standard InChI is InChI=1S/C13H14N2O2/c1-9-5-3-4-6-11(9)13(16)15-8-12-14-7-10(2)17-12/h3-7H,8H2,1-2H3,(H,15,16). The molecule has 0 atom stereocenters. The molecule has 1 aromatic heterocycles. The Morgan fingerprint density at radius 2 is 2.12 bits per heavy atom. The molecule has 2 rings (SSSR count). The highest BCUT2D eigenvalue weighted by Crippen LogP contribution is 2.07. The molecule has 0 aliphatic carbocycles. The normalized spacial score (nSPS) is 10.2. The van der Waals surface area contributed by atoms with Crippen molar-refractivity contribution in [1.29, 1.82) is 0 Å². The second kappa shape index (κ2) is 4.82. The van der Waals surface area contributed by atoms with Crippen LogP contribution in [0.1, 0.15) is 27.6 Å². The average molecular weight is 230 g/mol. The van der Waals surface area contributed by atoms with Crippen LogP contribution in [0.15, 0.2) is 34.9 Å². The van der Waals surface area contributed by atoms with Gasteiger partial charge in [-0.05, 0) is 25.5 Å². The van der Waals surface area contributed by atoms with E-state index in [0.717, 1.165) is 11.3 Å². The van der Waals surface area contributed by atoms with Crippen molar-refractivity contribution in [1.82, 2.24) is 10.3 Å². The van der Waals surface area contributed by atoms with Crippen molar-refractivity contribution in [2.45, 2.75) is 20.4 Å². The van der Waals surface area contributed by atoms with E-state index in [-0.39, 0.29) is 5.91 Å². The highest BCUT2D eigenvalue weighted by molar-refractivity contribution is 5.95. The van der Waals surface area contributed by atoms with Gasteiger partial charge in [-0.3, -0.25) is 4.79 Å². The van der Waals surface area contributed by atoms with Crippen molar-refractivity contribution >= 4 is 5.91 Å². The van der Waals surface area contributed by atoms with Gasteiger partial charge >= 0.3 is 0 Å². The van der Waals surface area contributed by atoms with Crippen LogP contribution in [0.25, 0.3) is 0 Å². The van der Waals surface area contributed by atoms with Crippen molar-refractivity contribution < 1.29 is 9.21 Å². The van der Waals surface area contributed by atoms with E-state index in [1.807, 2.05) is 32.0 Å². The first-order valence-corrected chi connectivity index (χ1v) is 5.42. The van der Waals surface area contributed by atoms with Gasteiger partial charge in [-0.25, -0.2) is 4.98 Å². The highest BCUT2D eigenvalue weighted by atomic mass is 16.4. The van der Waals surface area contributed by atoms with Crippen molar-refractivity contribution in [2.24, 2.45) is 0 Å². The summed E-state index contributed by atoms with van der Waals surface area (Å²) in [5, 5.41) is 2.77. The van der Waals surface area contributed by atoms with E-state index in [2.05, 4.69) is 10.3 Å². The summed E-state index contributed by atoms with van der Waals surface area (Å²) in [6.45, 7) is 4.03. The van der Waals surface area contributed by atoms with Gasteiger partial charge in [-0.15, -0.1) is 0 Å². The predicted molar refractivity (Wildman–Crippen MR) is 63.6 cm³/mol. The molecule has 1 amide bonds. The topological polar surface area (TPSA) is 55.1 Å². The van der Waals surface area contributed by atoms with Crippen molar-refractivity contribution in [3.8, 4) is 0 Å². The Morgan fingerprint density at radius 3 is 2.76 bits per heavy atom.